The minimum Gasteiger partial charge on any atom is -0.497 e. The van der Waals surface area contributed by atoms with Gasteiger partial charge in [-0.2, -0.15) is 4.31 Å². The summed E-state index contributed by atoms with van der Waals surface area (Å²) >= 11 is 0. The molecule has 2 N–H and O–H groups in total. The summed E-state index contributed by atoms with van der Waals surface area (Å²) in [6.07, 6.45) is 0.612. The van der Waals surface area contributed by atoms with Crippen LogP contribution in [-0.2, 0) is 16.4 Å². The van der Waals surface area contributed by atoms with Gasteiger partial charge in [0.2, 0.25) is 10.0 Å². The van der Waals surface area contributed by atoms with Crippen molar-refractivity contribution in [2.24, 2.45) is 5.73 Å². The van der Waals surface area contributed by atoms with Crippen LogP contribution in [0, 0.1) is 0 Å². The minimum atomic E-state index is -3.71. The summed E-state index contributed by atoms with van der Waals surface area (Å²) in [5.74, 6) is 0.849. The van der Waals surface area contributed by atoms with E-state index in [-0.39, 0.29) is 18.0 Å². The highest BCUT2D eigenvalue weighted by molar-refractivity contribution is 7.89. The summed E-state index contributed by atoms with van der Waals surface area (Å²) in [5.41, 5.74) is 6.70. The number of hydrogen-bond acceptors (Lipinski definition) is 5. The second-order valence-electron chi connectivity index (χ2n) is 5.48. The molecule has 0 radical (unpaired) electrons. The van der Waals surface area contributed by atoms with Gasteiger partial charge in [-0.25, -0.2) is 8.42 Å². The Kier molecular flexibility index (Phi) is 6.81. The summed E-state index contributed by atoms with van der Waals surface area (Å²) in [4.78, 5) is 0.130. The van der Waals surface area contributed by atoms with E-state index >= 15 is 0 Å². The van der Waals surface area contributed by atoms with E-state index in [9.17, 15) is 8.42 Å². The lowest BCUT2D eigenvalue weighted by molar-refractivity contribution is 0.389. The maximum absolute atomic E-state index is 13.0. The number of nitrogens with zero attached hydrogens (tertiary/aromatic N) is 1. The lowest BCUT2D eigenvalue weighted by atomic mass is 10.1. The maximum atomic E-state index is 13.0. The van der Waals surface area contributed by atoms with Gasteiger partial charge in [-0.1, -0.05) is 30.3 Å². The van der Waals surface area contributed by atoms with Crippen LogP contribution < -0.4 is 15.2 Å². The Bertz CT molecular complexity index is 757. The molecule has 0 spiro atoms. The van der Waals surface area contributed by atoms with Crippen LogP contribution in [0.2, 0.25) is 0 Å². The van der Waals surface area contributed by atoms with Crippen molar-refractivity contribution in [1.29, 1.82) is 0 Å². The zero-order valence-corrected chi connectivity index (χ0v) is 15.3. The fourth-order valence-corrected chi connectivity index (χ4v) is 3.98. The first-order valence-corrected chi connectivity index (χ1v) is 9.42. The van der Waals surface area contributed by atoms with Crippen LogP contribution in [0.15, 0.2) is 53.4 Å². The highest BCUT2D eigenvalue weighted by Crippen LogP contribution is 2.27. The highest BCUT2D eigenvalue weighted by Gasteiger charge is 2.25. The molecule has 0 aliphatic carbocycles. The molecule has 0 atom stereocenters. The molecule has 2 rings (SSSR count). The van der Waals surface area contributed by atoms with Gasteiger partial charge in [-0.3, -0.25) is 0 Å². The van der Waals surface area contributed by atoms with Crippen molar-refractivity contribution < 1.29 is 17.9 Å². The number of sulfonamides is 1. The van der Waals surface area contributed by atoms with Gasteiger partial charge in [-0.05, 0) is 12.0 Å². The maximum Gasteiger partial charge on any atom is 0.243 e. The monoisotopic (exact) mass is 364 g/mol. The van der Waals surface area contributed by atoms with E-state index < -0.39 is 10.0 Å². The number of ether oxygens (including phenoxy) is 2. The zero-order chi connectivity index (χ0) is 18.3. The van der Waals surface area contributed by atoms with Gasteiger partial charge in [-0.15, -0.1) is 0 Å². The summed E-state index contributed by atoms with van der Waals surface area (Å²) in [6.45, 7) is 0.840. The average molecular weight is 364 g/mol. The first kappa shape index (κ1) is 19.2. The Labute approximate surface area is 149 Å². The van der Waals surface area contributed by atoms with Crippen molar-refractivity contribution in [2.45, 2.75) is 11.3 Å². The van der Waals surface area contributed by atoms with Gasteiger partial charge < -0.3 is 15.2 Å². The summed E-state index contributed by atoms with van der Waals surface area (Å²) in [6, 6.07) is 14.4. The smallest absolute Gasteiger partial charge is 0.243 e. The molecule has 0 saturated heterocycles. The van der Waals surface area contributed by atoms with Gasteiger partial charge in [0.1, 0.15) is 11.5 Å². The second-order valence-corrected chi connectivity index (χ2v) is 7.41. The first-order chi connectivity index (χ1) is 12.0. The lowest BCUT2D eigenvalue weighted by Crippen LogP contribution is -2.37. The number of methoxy groups -OCH3 is 2. The molecule has 0 aromatic heterocycles. The van der Waals surface area contributed by atoms with E-state index in [0.29, 0.717) is 24.5 Å². The van der Waals surface area contributed by atoms with Crippen molar-refractivity contribution in [3.05, 3.63) is 54.1 Å². The minimum absolute atomic E-state index is 0.130. The molecule has 0 aliphatic heterocycles. The van der Waals surface area contributed by atoms with Crippen molar-refractivity contribution >= 4 is 10.0 Å². The van der Waals surface area contributed by atoms with Crippen LogP contribution in [-0.4, -0.2) is 46.6 Å². The van der Waals surface area contributed by atoms with E-state index in [4.69, 9.17) is 15.2 Å². The van der Waals surface area contributed by atoms with Crippen molar-refractivity contribution in [1.82, 2.24) is 4.31 Å². The molecule has 0 amide bonds. The SMILES string of the molecule is COc1cc(OC)cc(S(=O)(=O)N(CCN)CCc2ccccc2)c1. The summed E-state index contributed by atoms with van der Waals surface area (Å²) in [5, 5.41) is 0. The molecule has 0 unspecified atom stereocenters. The van der Waals surface area contributed by atoms with Crippen molar-refractivity contribution in [3.8, 4) is 11.5 Å². The highest BCUT2D eigenvalue weighted by atomic mass is 32.2. The molecule has 2 aromatic rings. The summed E-state index contributed by atoms with van der Waals surface area (Å²) in [7, 11) is -0.737. The number of benzene rings is 2. The quantitative estimate of drug-likeness (QED) is 0.735. The molecule has 0 heterocycles. The van der Waals surface area contributed by atoms with Gasteiger partial charge >= 0.3 is 0 Å². The predicted molar refractivity (Wildman–Crippen MR) is 97.5 cm³/mol. The topological polar surface area (TPSA) is 81.9 Å². The number of nitrogens with two attached hydrogens (primary N) is 1. The molecule has 0 aliphatic rings. The molecular weight excluding hydrogens is 340 g/mol. The van der Waals surface area contributed by atoms with Gasteiger partial charge in [0, 0.05) is 37.8 Å². The third-order valence-electron chi connectivity index (χ3n) is 3.83. The van der Waals surface area contributed by atoms with Crippen LogP contribution >= 0.6 is 0 Å². The van der Waals surface area contributed by atoms with Crippen LogP contribution in [0.5, 0.6) is 11.5 Å². The zero-order valence-electron chi connectivity index (χ0n) is 14.5. The molecule has 7 heteroatoms. The molecule has 0 saturated carbocycles. The molecule has 0 bridgehead atoms. The van der Waals surface area contributed by atoms with E-state index in [0.717, 1.165) is 5.56 Å². The largest absolute Gasteiger partial charge is 0.497 e. The third kappa shape index (κ3) is 4.94. The lowest BCUT2D eigenvalue weighted by Gasteiger charge is -2.22. The fourth-order valence-electron chi connectivity index (χ4n) is 2.47. The number of rotatable bonds is 9. The van der Waals surface area contributed by atoms with Crippen molar-refractivity contribution in [2.75, 3.05) is 33.9 Å². The van der Waals surface area contributed by atoms with E-state index in [1.54, 1.807) is 6.07 Å². The van der Waals surface area contributed by atoms with E-state index in [1.807, 2.05) is 30.3 Å². The van der Waals surface area contributed by atoms with Gasteiger partial charge in [0.05, 0.1) is 19.1 Å². The van der Waals surface area contributed by atoms with Crippen LogP contribution in [0.25, 0.3) is 0 Å². The van der Waals surface area contributed by atoms with Crippen LogP contribution in [0.3, 0.4) is 0 Å². The first-order valence-electron chi connectivity index (χ1n) is 7.98. The van der Waals surface area contributed by atoms with Crippen LogP contribution in [0.1, 0.15) is 5.56 Å². The second kappa shape index (κ2) is 8.84. The summed E-state index contributed by atoms with van der Waals surface area (Å²) < 4.78 is 37.8. The third-order valence-corrected chi connectivity index (χ3v) is 5.71. The van der Waals surface area contributed by atoms with Crippen LogP contribution in [0.4, 0.5) is 0 Å². The van der Waals surface area contributed by atoms with Gasteiger partial charge in [0.15, 0.2) is 0 Å². The molecule has 0 fully saturated rings. The normalized spacial score (nSPS) is 11.5. The standard InChI is InChI=1S/C18H24N2O4S/c1-23-16-12-17(24-2)14-18(13-16)25(21,22)20(11-9-19)10-8-15-6-4-3-5-7-15/h3-7,12-14H,8-11,19H2,1-2H3. The Morgan fingerprint density at radius 3 is 2.08 bits per heavy atom. The Morgan fingerprint density at radius 2 is 1.56 bits per heavy atom. The van der Waals surface area contributed by atoms with Crippen molar-refractivity contribution in [3.63, 3.8) is 0 Å². The predicted octanol–water partition coefficient (Wildman–Crippen LogP) is 1.90. The van der Waals surface area contributed by atoms with E-state index in [1.165, 1.54) is 30.7 Å². The van der Waals surface area contributed by atoms with Gasteiger partial charge in [0.25, 0.3) is 0 Å². The Morgan fingerprint density at radius 1 is 0.960 bits per heavy atom. The Hall–Kier alpha value is -2.09. The molecular formula is C18H24N2O4S. The molecule has 25 heavy (non-hydrogen) atoms. The molecule has 136 valence electrons. The van der Waals surface area contributed by atoms with E-state index in [2.05, 4.69) is 0 Å². The average Bonchev–Trinajstić information content (AvgIpc) is 2.65. The number of hydrogen-bond donors (Lipinski definition) is 1. The Balaban J connectivity index is 2.29. The molecule has 6 nitrogen and oxygen atoms in total. The fraction of sp³-hybridized carbons (Fsp3) is 0.333. The molecule has 2 aromatic carbocycles.